The van der Waals surface area contributed by atoms with Gasteiger partial charge in [-0.3, -0.25) is 9.48 Å². The molecule has 0 saturated carbocycles. The summed E-state index contributed by atoms with van der Waals surface area (Å²) in [5, 5.41) is 19.5. The predicted octanol–water partition coefficient (Wildman–Crippen LogP) is 0.169. The summed E-state index contributed by atoms with van der Waals surface area (Å²) in [5.41, 5.74) is 6.68. The number of hydrogen-bond donors (Lipinski definition) is 2. The Hall–Kier alpha value is -3.41. The first kappa shape index (κ1) is 12.6. The highest BCUT2D eigenvalue weighted by Gasteiger charge is 2.17. The van der Waals surface area contributed by atoms with E-state index in [2.05, 4.69) is 20.5 Å². The van der Waals surface area contributed by atoms with Crippen LogP contribution in [0.1, 0.15) is 16.1 Å². The molecule has 1 amide bonds. The lowest BCUT2D eigenvalue weighted by molar-refractivity contribution is 0.102. The number of nitrogens with two attached hydrogens (primary N) is 1. The van der Waals surface area contributed by atoms with Gasteiger partial charge < -0.3 is 11.1 Å². The molecular weight excluding hydrogens is 272 g/mol. The maximum absolute atomic E-state index is 12.3. The third kappa shape index (κ3) is 2.14. The first-order chi connectivity index (χ1) is 10.1. The number of amides is 1. The maximum atomic E-state index is 12.3. The number of nitrogens with one attached hydrogen (secondary N) is 1. The van der Waals surface area contributed by atoms with Gasteiger partial charge in [0.25, 0.3) is 5.91 Å². The zero-order valence-electron chi connectivity index (χ0n) is 11.0. The molecule has 3 N–H and O–H groups in total. The van der Waals surface area contributed by atoms with Crippen molar-refractivity contribution in [2.45, 2.75) is 0 Å². The molecule has 104 valence electrons. The Balaban J connectivity index is 1.97. The lowest BCUT2D eigenvalue weighted by Gasteiger charge is -2.01. The maximum Gasteiger partial charge on any atom is 0.261 e. The SMILES string of the molecule is Cn1cc(NC(=O)c2cnn3ccc(N)nc23)c(C#N)n1. The number of carbonyl (C=O) groups excluding carboxylic acids is 1. The smallest absolute Gasteiger partial charge is 0.261 e. The van der Waals surface area contributed by atoms with Crippen molar-refractivity contribution < 1.29 is 4.79 Å². The van der Waals surface area contributed by atoms with Crippen LogP contribution in [0.4, 0.5) is 11.5 Å². The van der Waals surface area contributed by atoms with Gasteiger partial charge in [-0.25, -0.2) is 9.50 Å². The Labute approximate surface area is 118 Å². The summed E-state index contributed by atoms with van der Waals surface area (Å²) in [4.78, 5) is 16.4. The van der Waals surface area contributed by atoms with E-state index >= 15 is 0 Å². The molecular formula is C12H10N8O. The molecule has 0 aliphatic heterocycles. The summed E-state index contributed by atoms with van der Waals surface area (Å²) in [6, 6.07) is 3.49. The average Bonchev–Trinajstić information content (AvgIpc) is 3.01. The van der Waals surface area contributed by atoms with Gasteiger partial charge in [-0.1, -0.05) is 0 Å². The van der Waals surface area contributed by atoms with Gasteiger partial charge in [0.1, 0.15) is 17.5 Å². The summed E-state index contributed by atoms with van der Waals surface area (Å²) in [6.45, 7) is 0. The predicted molar refractivity (Wildman–Crippen MR) is 73.3 cm³/mol. The molecule has 21 heavy (non-hydrogen) atoms. The van der Waals surface area contributed by atoms with Crippen LogP contribution in [0.2, 0.25) is 0 Å². The van der Waals surface area contributed by atoms with Gasteiger partial charge in [-0.2, -0.15) is 15.5 Å². The van der Waals surface area contributed by atoms with Crippen LogP contribution in [-0.4, -0.2) is 30.3 Å². The molecule has 0 fully saturated rings. The Morgan fingerprint density at radius 3 is 3.10 bits per heavy atom. The second-order valence-corrected chi connectivity index (χ2v) is 4.31. The molecule has 3 heterocycles. The normalized spacial score (nSPS) is 10.5. The van der Waals surface area contributed by atoms with Crippen LogP contribution in [0.15, 0.2) is 24.7 Å². The number of carbonyl (C=O) groups is 1. The quantitative estimate of drug-likeness (QED) is 0.689. The monoisotopic (exact) mass is 282 g/mol. The number of fused-ring (bicyclic) bond motifs is 1. The van der Waals surface area contributed by atoms with E-state index in [9.17, 15) is 4.79 Å². The van der Waals surface area contributed by atoms with Crippen LogP contribution < -0.4 is 11.1 Å². The van der Waals surface area contributed by atoms with Crippen molar-refractivity contribution in [1.29, 1.82) is 5.26 Å². The molecule has 0 spiro atoms. The van der Waals surface area contributed by atoms with Gasteiger partial charge in [0, 0.05) is 19.4 Å². The molecule has 0 radical (unpaired) electrons. The van der Waals surface area contributed by atoms with Gasteiger partial charge >= 0.3 is 0 Å². The summed E-state index contributed by atoms with van der Waals surface area (Å²) in [6.07, 6.45) is 4.54. The van der Waals surface area contributed by atoms with Crippen LogP contribution >= 0.6 is 0 Å². The van der Waals surface area contributed by atoms with Crippen LogP contribution in [0.5, 0.6) is 0 Å². The number of nitrogen functional groups attached to an aromatic ring is 1. The number of anilines is 2. The van der Waals surface area contributed by atoms with Crippen molar-refractivity contribution in [3.63, 3.8) is 0 Å². The van der Waals surface area contributed by atoms with E-state index in [0.717, 1.165) is 0 Å². The molecule has 3 aromatic rings. The van der Waals surface area contributed by atoms with Gasteiger partial charge in [0.2, 0.25) is 0 Å². The lowest BCUT2D eigenvalue weighted by atomic mass is 10.3. The fourth-order valence-electron chi connectivity index (χ4n) is 1.90. The minimum Gasteiger partial charge on any atom is -0.384 e. The second-order valence-electron chi connectivity index (χ2n) is 4.31. The third-order valence-electron chi connectivity index (χ3n) is 2.82. The standard InChI is InChI=1S/C12H10N8O/c1-19-6-9(8(4-13)18-19)16-12(21)7-5-15-20-3-2-10(14)17-11(7)20/h2-3,5-6H,1H3,(H2,14,17)(H,16,21). The summed E-state index contributed by atoms with van der Waals surface area (Å²) >= 11 is 0. The Bertz CT molecular complexity index is 884. The first-order valence-corrected chi connectivity index (χ1v) is 5.93. The highest BCUT2D eigenvalue weighted by atomic mass is 16.1. The van der Waals surface area contributed by atoms with Crippen molar-refractivity contribution >= 4 is 23.1 Å². The fourth-order valence-corrected chi connectivity index (χ4v) is 1.90. The molecule has 0 atom stereocenters. The van der Waals surface area contributed by atoms with Gasteiger partial charge in [0.05, 0.1) is 11.9 Å². The van der Waals surface area contributed by atoms with E-state index in [1.165, 1.54) is 15.4 Å². The van der Waals surface area contributed by atoms with E-state index < -0.39 is 5.91 Å². The molecule has 0 unspecified atom stereocenters. The number of rotatable bonds is 2. The Morgan fingerprint density at radius 1 is 1.52 bits per heavy atom. The molecule has 0 aliphatic rings. The van der Waals surface area contributed by atoms with Gasteiger partial charge in [0.15, 0.2) is 11.3 Å². The summed E-state index contributed by atoms with van der Waals surface area (Å²) in [7, 11) is 1.66. The van der Waals surface area contributed by atoms with Crippen LogP contribution in [0.25, 0.3) is 5.65 Å². The molecule has 3 aromatic heterocycles. The number of nitriles is 1. The average molecular weight is 282 g/mol. The van der Waals surface area contributed by atoms with Gasteiger partial charge in [-0.05, 0) is 6.07 Å². The fraction of sp³-hybridized carbons (Fsp3) is 0.0833. The van der Waals surface area contributed by atoms with Crippen molar-refractivity contribution in [3.05, 3.63) is 35.9 Å². The Morgan fingerprint density at radius 2 is 2.33 bits per heavy atom. The zero-order chi connectivity index (χ0) is 15.0. The molecule has 0 bridgehead atoms. The first-order valence-electron chi connectivity index (χ1n) is 5.93. The molecule has 9 nitrogen and oxygen atoms in total. The number of aromatic nitrogens is 5. The zero-order valence-corrected chi connectivity index (χ0v) is 11.0. The van der Waals surface area contributed by atoms with Crippen molar-refractivity contribution in [3.8, 4) is 6.07 Å². The van der Waals surface area contributed by atoms with Crippen LogP contribution in [-0.2, 0) is 7.05 Å². The van der Waals surface area contributed by atoms with E-state index in [0.29, 0.717) is 11.3 Å². The highest BCUT2D eigenvalue weighted by molar-refractivity contribution is 6.08. The highest BCUT2D eigenvalue weighted by Crippen LogP contribution is 2.16. The van der Waals surface area contributed by atoms with Crippen molar-refractivity contribution in [2.24, 2.45) is 7.05 Å². The number of aryl methyl sites for hydroxylation is 1. The van der Waals surface area contributed by atoms with E-state index in [4.69, 9.17) is 11.0 Å². The van der Waals surface area contributed by atoms with Crippen LogP contribution in [0, 0.1) is 11.3 Å². The van der Waals surface area contributed by atoms with Crippen molar-refractivity contribution in [1.82, 2.24) is 24.4 Å². The van der Waals surface area contributed by atoms with Crippen molar-refractivity contribution in [2.75, 3.05) is 11.1 Å². The molecule has 0 aliphatic carbocycles. The molecule has 0 aromatic carbocycles. The topological polar surface area (TPSA) is 127 Å². The molecule has 0 saturated heterocycles. The molecule has 9 heteroatoms. The second kappa shape index (κ2) is 4.61. The lowest BCUT2D eigenvalue weighted by Crippen LogP contribution is -2.12. The summed E-state index contributed by atoms with van der Waals surface area (Å²) in [5.74, 6) is -0.149. The minimum absolute atomic E-state index is 0.134. The number of hydrogen-bond acceptors (Lipinski definition) is 6. The van der Waals surface area contributed by atoms with E-state index in [1.807, 2.05) is 6.07 Å². The minimum atomic E-state index is -0.437. The Kier molecular flexibility index (Phi) is 2.77. The van der Waals surface area contributed by atoms with E-state index in [-0.39, 0.29) is 17.1 Å². The third-order valence-corrected chi connectivity index (χ3v) is 2.82. The molecule has 3 rings (SSSR count). The number of nitrogens with zero attached hydrogens (tertiary/aromatic N) is 6. The van der Waals surface area contributed by atoms with E-state index in [1.54, 1.807) is 25.5 Å². The van der Waals surface area contributed by atoms with Crippen LogP contribution in [0.3, 0.4) is 0 Å². The van der Waals surface area contributed by atoms with Gasteiger partial charge in [-0.15, -0.1) is 0 Å². The summed E-state index contributed by atoms with van der Waals surface area (Å²) < 4.78 is 2.89. The largest absolute Gasteiger partial charge is 0.384 e.